The minimum absolute atomic E-state index is 0.00998. The molecule has 6 amide bonds. The molecule has 8 rings (SSSR count). The molecule has 4 N–H and O–H groups in total. The van der Waals surface area contributed by atoms with Gasteiger partial charge in [-0.15, -0.1) is 0 Å². The number of aryl methyl sites for hydroxylation is 2. The molecule has 2 aromatic carbocycles. The zero-order chi connectivity index (χ0) is 48.6. The first-order valence-electron chi connectivity index (χ1n) is 23.3. The predicted molar refractivity (Wildman–Crippen MR) is 257 cm³/mol. The van der Waals surface area contributed by atoms with Gasteiger partial charge >= 0.3 is 0 Å². The van der Waals surface area contributed by atoms with Gasteiger partial charge in [0.1, 0.15) is 11.4 Å². The first kappa shape index (κ1) is 47.8. The molecule has 4 aliphatic heterocycles. The van der Waals surface area contributed by atoms with Gasteiger partial charge in [0.25, 0.3) is 23.6 Å². The van der Waals surface area contributed by atoms with Crippen LogP contribution in [0, 0.1) is 0 Å². The largest absolute Gasteiger partial charge is 0.493 e. The molecule has 0 saturated carbocycles. The van der Waals surface area contributed by atoms with Crippen LogP contribution in [-0.4, -0.2) is 133 Å². The molecule has 20 heteroatoms. The first-order chi connectivity index (χ1) is 33.4. The molecule has 20 nitrogen and oxygen atoms in total. The van der Waals surface area contributed by atoms with Crippen LogP contribution in [0.4, 0.5) is 22.7 Å². The number of hydrogen-bond donors (Lipinski definition) is 4. The molecule has 4 aliphatic rings. The first-order valence-corrected chi connectivity index (χ1v) is 23.3. The van der Waals surface area contributed by atoms with Crippen LogP contribution in [0.15, 0.2) is 58.8 Å². The number of benzene rings is 2. The van der Waals surface area contributed by atoms with Crippen LogP contribution in [0.1, 0.15) is 99.5 Å². The van der Waals surface area contributed by atoms with E-state index in [9.17, 15) is 28.8 Å². The Kier molecular flexibility index (Phi) is 14.9. The van der Waals surface area contributed by atoms with E-state index in [1.54, 1.807) is 72.0 Å². The molecule has 2 aromatic heterocycles. The second kappa shape index (κ2) is 21.5. The fraction of sp³-hybridized carbons (Fsp3) is 0.429. The van der Waals surface area contributed by atoms with E-state index >= 15 is 0 Å². The Morgan fingerprint density at radius 3 is 1.46 bits per heavy atom. The SMILES string of the molecule is COc1cc2c(cc1OCCCC(=O)Nc1cc(C(=O)NCCCNC(=O)c3cc(NC(=O)CCCOc4cc5c(cc4OC)C(=O)N4CCC[C@H]4C=N5)cn3C)n(C)c1)N=C[C@@H]1CCCN1C2=O. The summed E-state index contributed by atoms with van der Waals surface area (Å²) in [5.74, 6) is 0.379. The minimum atomic E-state index is -0.338. The van der Waals surface area contributed by atoms with E-state index in [1.165, 1.54) is 14.2 Å². The van der Waals surface area contributed by atoms with Crippen LogP contribution >= 0.6 is 0 Å². The highest BCUT2D eigenvalue weighted by Gasteiger charge is 2.34. The molecule has 0 aliphatic carbocycles. The van der Waals surface area contributed by atoms with Gasteiger partial charge < -0.3 is 59.1 Å². The number of hydrogen-bond acceptors (Lipinski definition) is 12. The summed E-state index contributed by atoms with van der Waals surface area (Å²) >= 11 is 0. The molecular formula is C49H58N10O10. The number of rotatable bonds is 20. The summed E-state index contributed by atoms with van der Waals surface area (Å²) in [7, 11) is 6.43. The average Bonchev–Trinajstić information content (AvgIpc) is 4.14. The topological polar surface area (TPSA) is 229 Å². The van der Waals surface area contributed by atoms with Crippen molar-refractivity contribution in [3.8, 4) is 23.0 Å². The van der Waals surface area contributed by atoms with Crippen molar-refractivity contribution in [2.75, 3.05) is 64.2 Å². The van der Waals surface area contributed by atoms with Crippen LogP contribution in [0.2, 0.25) is 0 Å². The average molecular weight is 947 g/mol. The Morgan fingerprint density at radius 2 is 1.04 bits per heavy atom. The maximum Gasteiger partial charge on any atom is 0.267 e. The molecular weight excluding hydrogens is 889 g/mol. The normalized spacial score (nSPS) is 16.7. The lowest BCUT2D eigenvalue weighted by atomic mass is 10.1. The predicted octanol–water partition coefficient (Wildman–Crippen LogP) is 5.17. The Bertz CT molecular complexity index is 2510. The third-order valence-electron chi connectivity index (χ3n) is 12.5. The van der Waals surface area contributed by atoms with Gasteiger partial charge in [-0.25, -0.2) is 0 Å². The van der Waals surface area contributed by atoms with Gasteiger partial charge in [0.05, 0.1) is 73.4 Å². The molecule has 0 radical (unpaired) electrons. The number of nitrogens with one attached hydrogen (secondary N) is 4. The zero-order valence-corrected chi connectivity index (χ0v) is 39.3. The van der Waals surface area contributed by atoms with Crippen molar-refractivity contribution in [2.45, 2.75) is 69.9 Å². The third-order valence-corrected chi connectivity index (χ3v) is 12.5. The fourth-order valence-corrected chi connectivity index (χ4v) is 8.91. The van der Waals surface area contributed by atoms with E-state index in [1.807, 2.05) is 22.2 Å². The van der Waals surface area contributed by atoms with E-state index in [4.69, 9.17) is 18.9 Å². The maximum absolute atomic E-state index is 13.1. The van der Waals surface area contributed by atoms with E-state index in [-0.39, 0.29) is 86.7 Å². The smallest absolute Gasteiger partial charge is 0.267 e. The number of methoxy groups -OCH3 is 2. The van der Waals surface area contributed by atoms with Crippen LogP contribution < -0.4 is 40.2 Å². The van der Waals surface area contributed by atoms with E-state index in [0.717, 1.165) is 25.7 Å². The summed E-state index contributed by atoms with van der Waals surface area (Å²) in [6.07, 6.45) is 12.2. The van der Waals surface area contributed by atoms with Gasteiger partial charge in [0, 0.05) is 90.1 Å². The third kappa shape index (κ3) is 11.1. The lowest BCUT2D eigenvalue weighted by Crippen LogP contribution is -2.35. The lowest BCUT2D eigenvalue weighted by Gasteiger charge is -2.20. The number of aliphatic imine (C=N–C) groups is 2. The molecule has 4 aromatic rings. The summed E-state index contributed by atoms with van der Waals surface area (Å²) in [5, 5.41) is 11.4. The second-order valence-corrected chi connectivity index (χ2v) is 17.3. The van der Waals surface area contributed by atoms with E-state index in [0.29, 0.717) is 101 Å². The van der Waals surface area contributed by atoms with Crippen molar-refractivity contribution in [2.24, 2.45) is 24.1 Å². The summed E-state index contributed by atoms with van der Waals surface area (Å²) in [4.78, 5) is 90.7. The number of carbonyl (C=O) groups excluding carboxylic acids is 6. The van der Waals surface area contributed by atoms with Gasteiger partial charge in [-0.05, 0) is 69.2 Å². The molecule has 2 saturated heterocycles. The lowest BCUT2D eigenvalue weighted by molar-refractivity contribution is -0.117. The number of anilines is 2. The molecule has 364 valence electrons. The highest BCUT2D eigenvalue weighted by molar-refractivity contribution is 6.04. The standard InChI is InChI=1S/C49H58N10O10/c1-56-28-30(54-44(60)12-7-18-68-42-24-36-34(22-40(42)66-3)48(64)58-16-5-10-32(58)26-52-36)20-38(56)46(62)50-14-9-15-51-47(63)39-21-31(29-57(39)2)55-45(61)13-8-19-69-43-25-37-35(23-41(43)67-4)49(65)59-17-6-11-33(59)27-53-37/h20-29,32-33H,5-19H2,1-4H3,(H,50,62)(H,51,63)(H,54,60)(H,55,61)/t32-,33-/m0/s1. The molecule has 0 unspecified atom stereocenters. The van der Waals surface area contributed by atoms with E-state index < -0.39 is 0 Å². The second-order valence-electron chi connectivity index (χ2n) is 17.3. The number of amides is 6. The Balaban J connectivity index is 0.712. The Morgan fingerprint density at radius 1 is 0.609 bits per heavy atom. The Labute approximate surface area is 399 Å². The quantitative estimate of drug-likeness (QED) is 0.0851. The summed E-state index contributed by atoms with van der Waals surface area (Å²) in [6, 6.07) is 9.88. The van der Waals surface area contributed by atoms with Gasteiger partial charge in [-0.2, -0.15) is 0 Å². The summed E-state index contributed by atoms with van der Waals surface area (Å²) in [5.41, 5.74) is 3.62. The number of carbonyl (C=O) groups is 6. The number of ether oxygens (including phenoxy) is 4. The van der Waals surface area contributed by atoms with Crippen molar-refractivity contribution >= 4 is 70.6 Å². The Hall–Kier alpha value is -7.64. The van der Waals surface area contributed by atoms with Crippen molar-refractivity contribution in [1.29, 1.82) is 0 Å². The highest BCUT2D eigenvalue weighted by atomic mass is 16.5. The molecule has 6 heterocycles. The summed E-state index contributed by atoms with van der Waals surface area (Å²) < 4.78 is 26.2. The van der Waals surface area contributed by atoms with Crippen LogP contribution in [0.5, 0.6) is 23.0 Å². The fourth-order valence-electron chi connectivity index (χ4n) is 8.91. The molecule has 69 heavy (non-hydrogen) atoms. The van der Waals surface area contributed by atoms with Gasteiger partial charge in [0.2, 0.25) is 11.8 Å². The minimum Gasteiger partial charge on any atom is -0.493 e. The van der Waals surface area contributed by atoms with Crippen molar-refractivity contribution in [3.63, 3.8) is 0 Å². The molecule has 2 fully saturated rings. The van der Waals surface area contributed by atoms with Gasteiger partial charge in [0.15, 0.2) is 23.0 Å². The van der Waals surface area contributed by atoms with Crippen LogP contribution in [0.25, 0.3) is 0 Å². The number of fused-ring (bicyclic) bond motifs is 4. The highest BCUT2D eigenvalue weighted by Crippen LogP contribution is 2.40. The maximum atomic E-state index is 13.1. The zero-order valence-electron chi connectivity index (χ0n) is 39.3. The molecule has 0 bridgehead atoms. The van der Waals surface area contributed by atoms with Gasteiger partial charge in [-0.3, -0.25) is 38.8 Å². The monoisotopic (exact) mass is 946 g/mol. The molecule has 0 spiro atoms. The van der Waals surface area contributed by atoms with Gasteiger partial charge in [-0.1, -0.05) is 0 Å². The number of nitrogens with zero attached hydrogens (tertiary/aromatic N) is 6. The van der Waals surface area contributed by atoms with Crippen LogP contribution in [0.3, 0.4) is 0 Å². The summed E-state index contributed by atoms with van der Waals surface area (Å²) in [6.45, 7) is 2.40. The van der Waals surface area contributed by atoms with Crippen LogP contribution in [-0.2, 0) is 23.7 Å². The number of aromatic nitrogens is 2. The van der Waals surface area contributed by atoms with E-state index in [2.05, 4.69) is 31.3 Å². The van der Waals surface area contributed by atoms with Crippen molar-refractivity contribution in [3.05, 3.63) is 71.3 Å². The van der Waals surface area contributed by atoms with Crippen molar-refractivity contribution in [1.82, 2.24) is 29.6 Å². The van der Waals surface area contributed by atoms with Crippen molar-refractivity contribution < 1.29 is 47.7 Å². The molecule has 2 atom stereocenters.